The number of benzene rings is 1. The summed E-state index contributed by atoms with van der Waals surface area (Å²) >= 11 is 1.59. The number of guanidine groups is 1. The van der Waals surface area contributed by atoms with Gasteiger partial charge in [-0.1, -0.05) is 12.1 Å². The van der Waals surface area contributed by atoms with Gasteiger partial charge in [-0.15, -0.1) is 11.3 Å². The molecule has 1 aliphatic heterocycles. The van der Waals surface area contributed by atoms with Crippen LogP contribution in [0.25, 0.3) is 27.8 Å². The van der Waals surface area contributed by atoms with Gasteiger partial charge in [-0.25, -0.2) is 4.98 Å². The van der Waals surface area contributed by atoms with Crippen molar-refractivity contribution in [1.82, 2.24) is 19.9 Å². The van der Waals surface area contributed by atoms with Crippen molar-refractivity contribution in [3.63, 3.8) is 0 Å². The molecule has 4 aromatic rings. The molecule has 0 spiro atoms. The van der Waals surface area contributed by atoms with Crippen LogP contribution in [0.2, 0.25) is 0 Å². The Morgan fingerprint density at radius 2 is 2.04 bits per heavy atom. The van der Waals surface area contributed by atoms with Crippen molar-refractivity contribution in [2.75, 3.05) is 18.4 Å². The van der Waals surface area contributed by atoms with E-state index < -0.39 is 0 Å². The Balaban J connectivity index is 1.51. The Morgan fingerprint density at radius 1 is 1.11 bits per heavy atom. The highest BCUT2D eigenvalue weighted by molar-refractivity contribution is 7.14. The van der Waals surface area contributed by atoms with Crippen molar-refractivity contribution in [3.05, 3.63) is 60.4 Å². The third-order valence-electron chi connectivity index (χ3n) is 4.58. The summed E-state index contributed by atoms with van der Waals surface area (Å²) in [5.74, 6) is 0.809. The summed E-state index contributed by atoms with van der Waals surface area (Å²) in [4.78, 5) is 13.3. The van der Waals surface area contributed by atoms with Crippen LogP contribution in [0.3, 0.4) is 0 Å². The van der Waals surface area contributed by atoms with Crippen LogP contribution in [-0.4, -0.2) is 33.6 Å². The van der Waals surface area contributed by atoms with Crippen LogP contribution in [0.1, 0.15) is 6.42 Å². The highest BCUT2D eigenvalue weighted by Gasteiger charge is 2.13. The minimum absolute atomic E-state index is 0.809. The zero-order valence-corrected chi connectivity index (χ0v) is 15.4. The Kier molecular flexibility index (Phi) is 4.06. The number of anilines is 1. The minimum Gasteiger partial charge on any atom is -0.356 e. The van der Waals surface area contributed by atoms with E-state index in [0.29, 0.717) is 0 Å². The van der Waals surface area contributed by atoms with Gasteiger partial charge in [-0.3, -0.25) is 9.98 Å². The van der Waals surface area contributed by atoms with Crippen LogP contribution in [-0.2, 0) is 0 Å². The molecular formula is C20H18N6S. The van der Waals surface area contributed by atoms with E-state index >= 15 is 0 Å². The number of aliphatic imine (C=N–C) groups is 1. The molecule has 1 aromatic carbocycles. The molecule has 3 aromatic heterocycles. The van der Waals surface area contributed by atoms with E-state index in [0.717, 1.165) is 53.1 Å². The smallest absolute Gasteiger partial charge is 0.197 e. The largest absolute Gasteiger partial charge is 0.356 e. The zero-order chi connectivity index (χ0) is 18.1. The number of nitrogens with zero attached hydrogens (tertiary/aromatic N) is 4. The number of hydrogen-bond donors (Lipinski definition) is 2. The number of rotatable bonds is 3. The molecule has 0 bridgehead atoms. The molecule has 0 unspecified atom stereocenters. The highest BCUT2D eigenvalue weighted by Crippen LogP contribution is 2.32. The van der Waals surface area contributed by atoms with Gasteiger partial charge in [-0.05, 0) is 30.7 Å². The fourth-order valence-corrected chi connectivity index (χ4v) is 4.00. The number of aromatic nitrogens is 3. The third-order valence-corrected chi connectivity index (χ3v) is 5.33. The molecule has 0 saturated carbocycles. The zero-order valence-electron chi connectivity index (χ0n) is 14.6. The van der Waals surface area contributed by atoms with Crippen molar-refractivity contribution in [3.8, 4) is 16.9 Å². The van der Waals surface area contributed by atoms with Gasteiger partial charge >= 0.3 is 0 Å². The number of fused-ring (bicyclic) bond motifs is 1. The molecular weight excluding hydrogens is 356 g/mol. The van der Waals surface area contributed by atoms with Gasteiger partial charge in [0.05, 0.1) is 11.2 Å². The van der Waals surface area contributed by atoms with Crippen molar-refractivity contribution in [2.45, 2.75) is 6.42 Å². The first kappa shape index (κ1) is 16.0. The first-order valence-electron chi connectivity index (χ1n) is 8.90. The molecule has 7 heteroatoms. The Bertz CT molecular complexity index is 1110. The molecule has 0 fully saturated rings. The first-order valence-corrected chi connectivity index (χ1v) is 9.78. The number of nitrogens with one attached hydrogen (secondary N) is 2. The predicted octanol–water partition coefficient (Wildman–Crippen LogP) is 3.91. The standard InChI is InChI=1S/C20H18N6S/c1-3-15(17-13-27-20(24-17)25-19-22-8-2-9-23-19)16-7-12-26(18(16)4-1)14-5-10-21-11-6-14/h1,3-7,10-13H,2,8-9H2,(H2,22,23,24,25). The summed E-state index contributed by atoms with van der Waals surface area (Å²) < 4.78 is 2.17. The van der Waals surface area contributed by atoms with Gasteiger partial charge in [0.15, 0.2) is 11.1 Å². The van der Waals surface area contributed by atoms with Crippen molar-refractivity contribution >= 4 is 33.3 Å². The van der Waals surface area contributed by atoms with Crippen LogP contribution in [0.5, 0.6) is 0 Å². The van der Waals surface area contributed by atoms with Gasteiger partial charge in [0.1, 0.15) is 0 Å². The second-order valence-electron chi connectivity index (χ2n) is 6.30. The molecule has 2 N–H and O–H groups in total. The highest BCUT2D eigenvalue weighted by atomic mass is 32.1. The fourth-order valence-electron chi connectivity index (χ4n) is 3.29. The Morgan fingerprint density at radius 3 is 2.89 bits per heavy atom. The SMILES string of the molecule is c1cc(-c2csc(NC3=NCCCN3)n2)c2ccn(-c3ccncc3)c2c1. The minimum atomic E-state index is 0.809. The predicted molar refractivity (Wildman–Crippen MR) is 111 cm³/mol. The lowest BCUT2D eigenvalue weighted by Crippen LogP contribution is -2.35. The summed E-state index contributed by atoms with van der Waals surface area (Å²) in [6.45, 7) is 1.81. The van der Waals surface area contributed by atoms with Crippen molar-refractivity contribution in [2.24, 2.45) is 4.99 Å². The van der Waals surface area contributed by atoms with Gasteiger partial charge in [0, 0.05) is 53.7 Å². The van der Waals surface area contributed by atoms with Gasteiger partial charge in [-0.2, -0.15) is 0 Å². The van der Waals surface area contributed by atoms with Crippen LogP contribution in [0.4, 0.5) is 5.13 Å². The van der Waals surface area contributed by atoms with Crippen LogP contribution in [0.15, 0.2) is 65.4 Å². The molecule has 6 nitrogen and oxygen atoms in total. The van der Waals surface area contributed by atoms with E-state index in [1.807, 2.05) is 24.5 Å². The summed E-state index contributed by atoms with van der Waals surface area (Å²) in [5.41, 5.74) is 4.35. The molecule has 0 amide bonds. The van der Waals surface area contributed by atoms with Gasteiger partial charge < -0.3 is 15.2 Å². The van der Waals surface area contributed by atoms with E-state index in [1.165, 1.54) is 5.39 Å². The van der Waals surface area contributed by atoms with Gasteiger partial charge in [0.2, 0.25) is 0 Å². The molecule has 27 heavy (non-hydrogen) atoms. The second kappa shape index (κ2) is 6.85. The maximum absolute atomic E-state index is 4.77. The molecule has 1 aliphatic rings. The summed E-state index contributed by atoms with van der Waals surface area (Å²) in [5, 5.41) is 10.7. The van der Waals surface area contributed by atoms with Crippen molar-refractivity contribution in [1.29, 1.82) is 0 Å². The van der Waals surface area contributed by atoms with E-state index in [2.05, 4.69) is 61.0 Å². The molecule has 134 valence electrons. The van der Waals surface area contributed by atoms with E-state index in [4.69, 9.17) is 4.98 Å². The fraction of sp³-hybridized carbons (Fsp3) is 0.150. The maximum atomic E-state index is 4.77. The number of thiazole rings is 1. The maximum Gasteiger partial charge on any atom is 0.197 e. The van der Waals surface area contributed by atoms with Gasteiger partial charge in [0.25, 0.3) is 0 Å². The average molecular weight is 374 g/mol. The van der Waals surface area contributed by atoms with E-state index in [1.54, 1.807) is 11.3 Å². The lowest BCUT2D eigenvalue weighted by molar-refractivity contribution is 0.740. The molecule has 5 rings (SSSR count). The first-order chi connectivity index (χ1) is 13.4. The van der Waals surface area contributed by atoms with Crippen LogP contribution in [0, 0.1) is 0 Å². The van der Waals surface area contributed by atoms with Crippen LogP contribution < -0.4 is 10.6 Å². The lowest BCUT2D eigenvalue weighted by atomic mass is 10.1. The molecule has 0 aliphatic carbocycles. The third kappa shape index (κ3) is 3.06. The molecule has 0 atom stereocenters. The quantitative estimate of drug-likeness (QED) is 0.571. The van der Waals surface area contributed by atoms with E-state index in [9.17, 15) is 0 Å². The van der Waals surface area contributed by atoms with Crippen LogP contribution >= 0.6 is 11.3 Å². The topological polar surface area (TPSA) is 67.1 Å². The van der Waals surface area contributed by atoms with Crippen molar-refractivity contribution < 1.29 is 0 Å². The number of pyridine rings is 1. The number of hydrogen-bond acceptors (Lipinski definition) is 6. The molecule has 0 saturated heterocycles. The molecule has 0 radical (unpaired) electrons. The van der Waals surface area contributed by atoms with E-state index in [-0.39, 0.29) is 0 Å². The summed E-state index contributed by atoms with van der Waals surface area (Å²) in [6.07, 6.45) is 6.79. The summed E-state index contributed by atoms with van der Waals surface area (Å²) in [6, 6.07) is 12.5. The Hall–Kier alpha value is -3.19. The monoisotopic (exact) mass is 374 g/mol. The lowest BCUT2D eigenvalue weighted by Gasteiger charge is -2.14. The normalized spacial score (nSPS) is 14.0. The summed E-state index contributed by atoms with van der Waals surface area (Å²) in [7, 11) is 0. The second-order valence-corrected chi connectivity index (χ2v) is 7.16. The Labute approximate surface area is 160 Å². The molecule has 4 heterocycles. The average Bonchev–Trinajstić information content (AvgIpc) is 3.36.